The Bertz CT molecular complexity index is 525. The van der Waals surface area contributed by atoms with Crippen molar-refractivity contribution < 1.29 is 0 Å². The van der Waals surface area contributed by atoms with Gasteiger partial charge in [-0.2, -0.15) is 0 Å². The first-order valence-electron chi connectivity index (χ1n) is 5.08. The Morgan fingerprint density at radius 1 is 1.44 bits per heavy atom. The number of aromatic nitrogens is 2. The lowest BCUT2D eigenvalue weighted by molar-refractivity contribution is 0.626. The Morgan fingerprint density at radius 3 is 2.50 bits per heavy atom. The summed E-state index contributed by atoms with van der Waals surface area (Å²) in [6.07, 6.45) is 1.55. The largest absolute Gasteiger partial charge is 0.381 e. The first-order valence-corrected chi connectivity index (χ1v) is 5.08. The first-order chi connectivity index (χ1) is 7.58. The molecule has 0 bridgehead atoms. The van der Waals surface area contributed by atoms with Crippen LogP contribution >= 0.6 is 0 Å². The van der Waals surface area contributed by atoms with Gasteiger partial charge in [0.15, 0.2) is 5.82 Å². The molecule has 16 heavy (non-hydrogen) atoms. The van der Waals surface area contributed by atoms with Crippen LogP contribution in [0, 0.1) is 0 Å². The summed E-state index contributed by atoms with van der Waals surface area (Å²) >= 11 is 0. The zero-order valence-corrected chi connectivity index (χ0v) is 9.94. The second-order valence-corrected chi connectivity index (χ2v) is 3.23. The minimum atomic E-state index is -0.355. The monoisotopic (exact) mass is 224 g/mol. The lowest BCUT2D eigenvalue weighted by atomic mass is 10.4. The number of aliphatic imine (C=N–C) groups is 1. The van der Waals surface area contributed by atoms with Crippen molar-refractivity contribution in [3.8, 4) is 0 Å². The lowest BCUT2D eigenvalue weighted by Gasteiger charge is -2.12. The Labute approximate surface area is 93.2 Å². The Morgan fingerprint density at radius 2 is 2.06 bits per heavy atom. The van der Waals surface area contributed by atoms with Gasteiger partial charge in [-0.3, -0.25) is 13.9 Å². The molecule has 6 heteroatoms. The van der Waals surface area contributed by atoms with Crippen LogP contribution in [0.25, 0.3) is 0 Å². The molecule has 0 aromatic carbocycles. The van der Waals surface area contributed by atoms with Crippen molar-refractivity contribution >= 4 is 17.7 Å². The van der Waals surface area contributed by atoms with Crippen LogP contribution in [-0.4, -0.2) is 22.4 Å². The summed E-state index contributed by atoms with van der Waals surface area (Å²) in [7, 11) is 3.23. The highest BCUT2D eigenvalue weighted by atomic mass is 16.2. The molecule has 1 heterocycles. The normalized spacial score (nSPS) is 11.0. The molecule has 88 valence electrons. The smallest absolute Gasteiger partial charge is 0.332 e. The Kier molecular flexibility index (Phi) is 3.65. The van der Waals surface area contributed by atoms with Crippen molar-refractivity contribution in [2.45, 2.75) is 20.4 Å². The molecule has 1 aromatic rings. The minimum absolute atomic E-state index is 0.335. The van der Waals surface area contributed by atoms with Gasteiger partial charge in [0, 0.05) is 26.9 Å². The predicted molar refractivity (Wildman–Crippen MR) is 65.0 cm³/mol. The van der Waals surface area contributed by atoms with Crippen molar-refractivity contribution in [2.75, 3.05) is 12.4 Å². The fourth-order valence-electron chi connectivity index (χ4n) is 1.53. The molecule has 1 aromatic heterocycles. The summed E-state index contributed by atoms with van der Waals surface area (Å²) < 4.78 is 2.53. The number of anilines is 1. The molecule has 0 spiro atoms. The van der Waals surface area contributed by atoms with E-state index in [0.717, 1.165) is 0 Å². The third kappa shape index (κ3) is 1.78. The highest BCUT2D eigenvalue weighted by Gasteiger charge is 2.14. The molecule has 0 fully saturated rings. The van der Waals surface area contributed by atoms with Gasteiger partial charge in [-0.1, -0.05) is 0 Å². The maximum atomic E-state index is 11.9. The van der Waals surface area contributed by atoms with Crippen LogP contribution in [-0.2, 0) is 13.6 Å². The van der Waals surface area contributed by atoms with E-state index >= 15 is 0 Å². The van der Waals surface area contributed by atoms with Gasteiger partial charge in [0.05, 0.1) is 0 Å². The molecular formula is C10H16N4O2. The van der Waals surface area contributed by atoms with Gasteiger partial charge in [-0.25, -0.2) is 9.79 Å². The molecule has 1 rings (SSSR count). The summed E-state index contributed by atoms with van der Waals surface area (Å²) in [4.78, 5) is 27.8. The molecule has 1 N–H and O–H groups in total. The molecule has 0 aliphatic rings. The summed E-state index contributed by atoms with van der Waals surface area (Å²) in [5, 5.41) is 2.78. The van der Waals surface area contributed by atoms with E-state index in [1.165, 1.54) is 9.13 Å². The SMILES string of the molecule is CC=Nc1c(NC)c(=O)n(CC)c(=O)n1C. The summed E-state index contributed by atoms with van der Waals surface area (Å²) in [5.41, 5.74) is -0.358. The van der Waals surface area contributed by atoms with Crippen LogP contribution in [0.2, 0.25) is 0 Å². The molecule has 0 aliphatic carbocycles. The van der Waals surface area contributed by atoms with E-state index in [0.29, 0.717) is 18.1 Å². The standard InChI is InChI=1S/C10H16N4O2/c1-5-12-8-7(11-3)9(15)14(6-2)10(16)13(8)4/h5,11H,6H2,1-4H3. The van der Waals surface area contributed by atoms with E-state index in [9.17, 15) is 9.59 Å². The van der Waals surface area contributed by atoms with Gasteiger partial charge in [0.2, 0.25) is 0 Å². The van der Waals surface area contributed by atoms with E-state index in [-0.39, 0.29) is 11.2 Å². The van der Waals surface area contributed by atoms with Gasteiger partial charge in [-0.15, -0.1) is 0 Å². The van der Waals surface area contributed by atoms with Gasteiger partial charge < -0.3 is 5.32 Å². The van der Waals surface area contributed by atoms with Crippen molar-refractivity contribution in [1.82, 2.24) is 9.13 Å². The van der Waals surface area contributed by atoms with E-state index in [4.69, 9.17) is 0 Å². The van der Waals surface area contributed by atoms with Crippen molar-refractivity contribution in [1.29, 1.82) is 0 Å². The van der Waals surface area contributed by atoms with E-state index in [2.05, 4.69) is 10.3 Å². The van der Waals surface area contributed by atoms with Crippen LogP contribution in [0.15, 0.2) is 14.6 Å². The van der Waals surface area contributed by atoms with E-state index in [1.807, 2.05) is 0 Å². The fourth-order valence-corrected chi connectivity index (χ4v) is 1.53. The van der Waals surface area contributed by atoms with Crippen LogP contribution in [0.5, 0.6) is 0 Å². The molecule has 0 saturated carbocycles. The van der Waals surface area contributed by atoms with Gasteiger partial charge in [0.1, 0.15) is 5.69 Å². The molecule has 0 aliphatic heterocycles. The third-order valence-corrected chi connectivity index (χ3v) is 2.34. The molecular weight excluding hydrogens is 208 g/mol. The molecule has 0 atom stereocenters. The van der Waals surface area contributed by atoms with Crippen LogP contribution in [0.3, 0.4) is 0 Å². The second-order valence-electron chi connectivity index (χ2n) is 3.23. The highest BCUT2D eigenvalue weighted by Crippen LogP contribution is 2.16. The molecule has 0 saturated heterocycles. The van der Waals surface area contributed by atoms with E-state index in [1.54, 1.807) is 34.2 Å². The number of nitrogens with one attached hydrogen (secondary N) is 1. The second kappa shape index (κ2) is 4.78. The Balaban J connectivity index is 3.78. The first kappa shape index (κ1) is 12.2. The van der Waals surface area contributed by atoms with Crippen molar-refractivity contribution in [2.24, 2.45) is 12.0 Å². The maximum absolute atomic E-state index is 11.9. The zero-order valence-electron chi connectivity index (χ0n) is 9.94. The maximum Gasteiger partial charge on any atom is 0.332 e. The summed E-state index contributed by atoms with van der Waals surface area (Å²) in [5.74, 6) is 0.352. The van der Waals surface area contributed by atoms with Crippen LogP contribution in [0.4, 0.5) is 11.5 Å². The molecule has 6 nitrogen and oxygen atoms in total. The molecule has 0 radical (unpaired) electrons. The molecule has 0 unspecified atom stereocenters. The lowest BCUT2D eigenvalue weighted by Crippen LogP contribution is -2.39. The quantitative estimate of drug-likeness (QED) is 0.752. The molecule has 0 amide bonds. The number of hydrogen-bond acceptors (Lipinski definition) is 4. The third-order valence-electron chi connectivity index (χ3n) is 2.34. The number of nitrogens with zero attached hydrogens (tertiary/aromatic N) is 3. The Hall–Kier alpha value is -1.85. The summed E-state index contributed by atoms with van der Waals surface area (Å²) in [6.45, 7) is 3.83. The summed E-state index contributed by atoms with van der Waals surface area (Å²) in [6, 6.07) is 0. The van der Waals surface area contributed by atoms with Gasteiger partial charge in [-0.05, 0) is 13.8 Å². The topological polar surface area (TPSA) is 68.4 Å². The van der Waals surface area contributed by atoms with Crippen LogP contribution in [0.1, 0.15) is 13.8 Å². The average Bonchev–Trinajstić information content (AvgIpc) is 2.27. The average molecular weight is 224 g/mol. The van der Waals surface area contributed by atoms with Crippen molar-refractivity contribution in [3.63, 3.8) is 0 Å². The van der Waals surface area contributed by atoms with Gasteiger partial charge in [0.25, 0.3) is 5.56 Å². The number of hydrogen-bond donors (Lipinski definition) is 1. The zero-order chi connectivity index (χ0) is 12.3. The number of rotatable bonds is 3. The van der Waals surface area contributed by atoms with Crippen LogP contribution < -0.4 is 16.6 Å². The predicted octanol–water partition coefficient (Wildman–Crippen LogP) is 0.331. The van der Waals surface area contributed by atoms with Gasteiger partial charge >= 0.3 is 5.69 Å². The highest BCUT2D eigenvalue weighted by molar-refractivity contribution is 5.67. The van der Waals surface area contributed by atoms with Crippen molar-refractivity contribution in [3.05, 3.63) is 20.8 Å². The minimum Gasteiger partial charge on any atom is -0.381 e. The fraction of sp³-hybridized carbons (Fsp3) is 0.500. The van der Waals surface area contributed by atoms with E-state index < -0.39 is 0 Å².